The van der Waals surface area contributed by atoms with Crippen molar-refractivity contribution in [3.05, 3.63) is 48.2 Å². The van der Waals surface area contributed by atoms with Crippen LogP contribution in [0.5, 0.6) is 5.75 Å². The lowest BCUT2D eigenvalue weighted by atomic mass is 9.77. The fourth-order valence-corrected chi connectivity index (χ4v) is 3.93. The topological polar surface area (TPSA) is 47.7 Å². The Kier molecular flexibility index (Phi) is 4.29. The van der Waals surface area contributed by atoms with Crippen molar-refractivity contribution in [2.45, 2.75) is 32.4 Å². The van der Waals surface area contributed by atoms with Crippen LogP contribution in [-0.4, -0.2) is 42.3 Å². The molecule has 0 unspecified atom stereocenters. The van der Waals surface area contributed by atoms with Crippen LogP contribution in [0.25, 0.3) is 0 Å². The van der Waals surface area contributed by atoms with Gasteiger partial charge in [0.2, 0.25) is 0 Å². The maximum atomic E-state index is 6.06. The molecule has 128 valence electrons. The Morgan fingerprint density at radius 2 is 2.33 bits per heavy atom. The van der Waals surface area contributed by atoms with Crippen molar-refractivity contribution in [1.82, 2.24) is 9.88 Å². The highest BCUT2D eigenvalue weighted by atomic mass is 16.5. The molecule has 0 aliphatic carbocycles. The standard InChI is InChI=1S/C19H24N2O3/c1-15-4-5-17(24-15)12-21-9-6-18-19(13-21,7-10-22-18)14-23-16-3-2-8-20-11-16/h2-5,8,11,18H,6-7,9-10,12-14H2,1H3/t18-,19+/m0/s1. The van der Waals surface area contributed by atoms with E-state index in [-0.39, 0.29) is 5.41 Å². The Hall–Kier alpha value is -1.85. The summed E-state index contributed by atoms with van der Waals surface area (Å²) in [6.45, 7) is 6.38. The van der Waals surface area contributed by atoms with Crippen LogP contribution in [0.3, 0.4) is 0 Å². The molecular weight excluding hydrogens is 304 g/mol. The summed E-state index contributed by atoms with van der Waals surface area (Å²) in [6.07, 6.45) is 5.93. The van der Waals surface area contributed by atoms with Crippen molar-refractivity contribution in [2.75, 3.05) is 26.3 Å². The summed E-state index contributed by atoms with van der Waals surface area (Å²) in [5.41, 5.74) is 0.0652. The number of hydrogen-bond acceptors (Lipinski definition) is 5. The number of pyridine rings is 1. The molecule has 0 saturated carbocycles. The van der Waals surface area contributed by atoms with Gasteiger partial charge in [0, 0.05) is 31.3 Å². The van der Waals surface area contributed by atoms with Gasteiger partial charge in [-0.1, -0.05) is 0 Å². The molecule has 2 aromatic heterocycles. The van der Waals surface area contributed by atoms with Crippen LogP contribution in [-0.2, 0) is 11.3 Å². The normalized spacial score (nSPS) is 27.1. The Labute approximate surface area is 142 Å². The van der Waals surface area contributed by atoms with Gasteiger partial charge in [0.05, 0.1) is 25.5 Å². The second-order valence-corrected chi connectivity index (χ2v) is 6.96. The molecule has 0 spiro atoms. The Balaban J connectivity index is 1.44. The number of aromatic nitrogens is 1. The number of piperidine rings is 1. The van der Waals surface area contributed by atoms with Crippen LogP contribution < -0.4 is 4.74 Å². The number of fused-ring (bicyclic) bond motifs is 1. The lowest BCUT2D eigenvalue weighted by Crippen LogP contribution is -2.52. The molecule has 2 fully saturated rings. The monoisotopic (exact) mass is 328 g/mol. The number of likely N-dealkylation sites (tertiary alicyclic amines) is 1. The number of furan rings is 1. The van der Waals surface area contributed by atoms with E-state index in [4.69, 9.17) is 13.9 Å². The summed E-state index contributed by atoms with van der Waals surface area (Å²) in [5.74, 6) is 2.84. The van der Waals surface area contributed by atoms with Gasteiger partial charge in [0.25, 0.3) is 0 Å². The number of hydrogen-bond donors (Lipinski definition) is 0. The van der Waals surface area contributed by atoms with E-state index in [9.17, 15) is 0 Å². The summed E-state index contributed by atoms with van der Waals surface area (Å²) in [6, 6.07) is 7.97. The van der Waals surface area contributed by atoms with E-state index in [1.165, 1.54) is 0 Å². The molecule has 4 heterocycles. The molecule has 0 N–H and O–H groups in total. The first-order valence-electron chi connectivity index (χ1n) is 8.66. The summed E-state index contributed by atoms with van der Waals surface area (Å²) in [4.78, 5) is 6.59. The predicted octanol–water partition coefficient (Wildman–Crippen LogP) is 3.04. The molecular formula is C19H24N2O3. The number of rotatable bonds is 5. The lowest BCUT2D eigenvalue weighted by molar-refractivity contribution is -0.0427. The summed E-state index contributed by atoms with van der Waals surface area (Å²) < 4.78 is 17.8. The molecule has 2 saturated heterocycles. The minimum absolute atomic E-state index is 0.0652. The summed E-state index contributed by atoms with van der Waals surface area (Å²) >= 11 is 0. The van der Waals surface area contributed by atoms with Gasteiger partial charge in [-0.25, -0.2) is 0 Å². The summed E-state index contributed by atoms with van der Waals surface area (Å²) in [5, 5.41) is 0. The molecule has 2 aromatic rings. The van der Waals surface area contributed by atoms with Crippen LogP contribution in [0.15, 0.2) is 41.1 Å². The molecule has 2 atom stereocenters. The minimum atomic E-state index is 0.0652. The molecule has 24 heavy (non-hydrogen) atoms. The zero-order valence-electron chi connectivity index (χ0n) is 14.1. The molecule has 2 aliphatic rings. The third kappa shape index (κ3) is 3.19. The highest BCUT2D eigenvalue weighted by Crippen LogP contribution is 2.41. The average molecular weight is 328 g/mol. The van der Waals surface area contributed by atoms with Crippen LogP contribution in [0.2, 0.25) is 0 Å². The molecule has 0 amide bonds. The first-order valence-corrected chi connectivity index (χ1v) is 8.66. The zero-order valence-corrected chi connectivity index (χ0v) is 14.1. The second-order valence-electron chi connectivity index (χ2n) is 6.96. The van der Waals surface area contributed by atoms with Crippen LogP contribution in [0, 0.1) is 12.3 Å². The van der Waals surface area contributed by atoms with Gasteiger partial charge in [-0.15, -0.1) is 0 Å². The molecule has 5 nitrogen and oxygen atoms in total. The number of aryl methyl sites for hydroxylation is 1. The van der Waals surface area contributed by atoms with Crippen molar-refractivity contribution < 1.29 is 13.9 Å². The number of nitrogens with zero attached hydrogens (tertiary/aromatic N) is 2. The fourth-order valence-electron chi connectivity index (χ4n) is 3.93. The molecule has 0 radical (unpaired) electrons. The van der Waals surface area contributed by atoms with Gasteiger partial charge in [0.1, 0.15) is 17.3 Å². The number of ether oxygens (including phenoxy) is 2. The average Bonchev–Trinajstić information content (AvgIpc) is 3.20. The predicted molar refractivity (Wildman–Crippen MR) is 89.9 cm³/mol. The Morgan fingerprint density at radius 1 is 1.38 bits per heavy atom. The van der Waals surface area contributed by atoms with Crippen molar-refractivity contribution in [1.29, 1.82) is 0 Å². The smallest absolute Gasteiger partial charge is 0.137 e. The third-order valence-corrected chi connectivity index (χ3v) is 5.18. The van der Waals surface area contributed by atoms with Gasteiger partial charge in [-0.2, -0.15) is 0 Å². The maximum Gasteiger partial charge on any atom is 0.137 e. The van der Waals surface area contributed by atoms with Crippen molar-refractivity contribution in [2.24, 2.45) is 5.41 Å². The van der Waals surface area contributed by atoms with Crippen molar-refractivity contribution in [3.63, 3.8) is 0 Å². The molecule has 4 rings (SSSR count). The second kappa shape index (κ2) is 6.57. The SMILES string of the molecule is Cc1ccc(CN2CC[C@@H]3OCC[C@]3(COc3cccnc3)C2)o1. The van der Waals surface area contributed by atoms with Gasteiger partial charge in [0.15, 0.2) is 0 Å². The van der Waals surface area contributed by atoms with Gasteiger partial charge in [-0.3, -0.25) is 9.88 Å². The van der Waals surface area contributed by atoms with E-state index in [0.29, 0.717) is 12.7 Å². The zero-order chi connectivity index (χ0) is 16.4. The van der Waals surface area contributed by atoms with Gasteiger partial charge < -0.3 is 13.9 Å². The van der Waals surface area contributed by atoms with E-state index >= 15 is 0 Å². The maximum absolute atomic E-state index is 6.06. The largest absolute Gasteiger partial charge is 0.491 e. The third-order valence-electron chi connectivity index (χ3n) is 5.18. The van der Waals surface area contributed by atoms with Gasteiger partial charge >= 0.3 is 0 Å². The molecule has 0 aromatic carbocycles. The minimum Gasteiger partial charge on any atom is -0.491 e. The van der Waals surface area contributed by atoms with Crippen molar-refractivity contribution in [3.8, 4) is 5.75 Å². The van der Waals surface area contributed by atoms with E-state index in [0.717, 1.165) is 56.4 Å². The summed E-state index contributed by atoms with van der Waals surface area (Å²) in [7, 11) is 0. The quantitative estimate of drug-likeness (QED) is 0.844. The van der Waals surface area contributed by atoms with Gasteiger partial charge in [-0.05, 0) is 44.0 Å². The Bertz CT molecular complexity index is 672. The highest BCUT2D eigenvalue weighted by Gasteiger charge is 2.48. The van der Waals surface area contributed by atoms with Crippen LogP contribution in [0.1, 0.15) is 24.4 Å². The van der Waals surface area contributed by atoms with Crippen molar-refractivity contribution >= 4 is 0 Å². The van der Waals surface area contributed by atoms with E-state index in [1.54, 1.807) is 12.4 Å². The lowest BCUT2D eigenvalue weighted by Gasteiger charge is -2.43. The first kappa shape index (κ1) is 15.7. The Morgan fingerprint density at radius 3 is 3.12 bits per heavy atom. The van der Waals surface area contributed by atoms with E-state index in [2.05, 4.69) is 16.0 Å². The van der Waals surface area contributed by atoms with E-state index in [1.807, 2.05) is 25.1 Å². The molecule has 0 bridgehead atoms. The van der Waals surface area contributed by atoms with Crippen LogP contribution in [0.4, 0.5) is 0 Å². The fraction of sp³-hybridized carbons (Fsp3) is 0.526. The van der Waals surface area contributed by atoms with Crippen LogP contribution >= 0.6 is 0 Å². The van der Waals surface area contributed by atoms with E-state index < -0.39 is 0 Å². The first-order chi connectivity index (χ1) is 11.7. The molecule has 5 heteroatoms. The highest BCUT2D eigenvalue weighted by molar-refractivity contribution is 5.16. The molecule has 2 aliphatic heterocycles.